The summed E-state index contributed by atoms with van der Waals surface area (Å²) in [7, 11) is -5.50. The average Bonchev–Trinajstić information content (AvgIpc) is 2.91. The number of hydrogen-bond acceptors (Lipinski definition) is 4. The van der Waals surface area contributed by atoms with E-state index < -0.39 is 18.1 Å². The second-order valence-corrected chi connectivity index (χ2v) is 13.2. The molecule has 24 heavy (non-hydrogen) atoms. The van der Waals surface area contributed by atoms with Crippen LogP contribution in [-0.4, -0.2) is 21.6 Å². The Morgan fingerprint density at radius 2 is 1.88 bits per heavy atom. The number of sulfonamides is 1. The van der Waals surface area contributed by atoms with Gasteiger partial charge in [-0.15, -0.1) is 5.73 Å². The van der Waals surface area contributed by atoms with Crippen LogP contribution in [0.5, 0.6) is 0 Å². The molecular weight excluding hydrogens is 340 g/mol. The Labute approximate surface area is 144 Å². The standard InChI is InChI=1S/C17H22N2O3SSi/c1-6-7-16(24(3,4)5)17-15(12-18-22-17)19-23(20,21)14-10-8-13(2)9-11-14/h6,8-12,19H,1-5H3. The van der Waals surface area contributed by atoms with Gasteiger partial charge in [-0.3, -0.25) is 4.72 Å². The summed E-state index contributed by atoms with van der Waals surface area (Å²) in [4.78, 5) is 0.199. The van der Waals surface area contributed by atoms with Crippen molar-refractivity contribution in [1.82, 2.24) is 5.16 Å². The highest BCUT2D eigenvalue weighted by Gasteiger charge is 2.28. The second-order valence-electron chi connectivity index (χ2n) is 6.55. The fourth-order valence-corrected chi connectivity index (χ4v) is 4.67. The van der Waals surface area contributed by atoms with Crippen LogP contribution >= 0.6 is 0 Å². The van der Waals surface area contributed by atoms with Crippen LogP contribution in [-0.2, 0) is 10.0 Å². The summed E-state index contributed by atoms with van der Waals surface area (Å²) in [5.74, 6) is 0.433. The van der Waals surface area contributed by atoms with Crippen LogP contribution in [0.25, 0.3) is 5.20 Å². The van der Waals surface area contributed by atoms with Crippen LogP contribution in [0.2, 0.25) is 19.6 Å². The summed E-state index contributed by atoms with van der Waals surface area (Å²) < 4.78 is 33.1. The molecule has 128 valence electrons. The van der Waals surface area contributed by atoms with Crippen molar-refractivity contribution in [2.24, 2.45) is 0 Å². The summed E-state index contributed by atoms with van der Waals surface area (Å²) in [6.07, 6.45) is 3.19. The normalized spacial score (nSPS) is 11.7. The van der Waals surface area contributed by atoms with Gasteiger partial charge in [-0.25, -0.2) is 8.42 Å². The Kier molecular flexibility index (Phi) is 5.18. The maximum atomic E-state index is 12.6. The number of aromatic nitrogens is 1. The van der Waals surface area contributed by atoms with E-state index in [2.05, 4.69) is 35.3 Å². The topological polar surface area (TPSA) is 72.2 Å². The Morgan fingerprint density at radius 1 is 1.25 bits per heavy atom. The molecule has 1 aromatic carbocycles. The highest BCUT2D eigenvalue weighted by atomic mass is 32.2. The van der Waals surface area contributed by atoms with Gasteiger partial charge in [-0.1, -0.05) is 42.5 Å². The van der Waals surface area contributed by atoms with E-state index in [1.54, 1.807) is 30.3 Å². The van der Waals surface area contributed by atoms with Crippen LogP contribution in [0, 0.1) is 6.92 Å². The van der Waals surface area contributed by atoms with Gasteiger partial charge in [-0.2, -0.15) is 0 Å². The number of nitrogens with zero attached hydrogens (tertiary/aromatic N) is 1. The summed E-state index contributed by atoms with van der Waals surface area (Å²) in [6.45, 7) is 10.2. The Bertz CT molecular complexity index is 885. The van der Waals surface area contributed by atoms with E-state index in [-0.39, 0.29) is 4.90 Å². The number of aryl methyl sites for hydroxylation is 1. The molecule has 0 spiro atoms. The number of hydrogen-bond donors (Lipinski definition) is 1. The van der Waals surface area contributed by atoms with Crippen LogP contribution < -0.4 is 4.72 Å². The molecule has 1 N–H and O–H groups in total. The van der Waals surface area contributed by atoms with Gasteiger partial charge in [0.15, 0.2) is 5.76 Å². The van der Waals surface area contributed by atoms with Gasteiger partial charge in [0.25, 0.3) is 10.0 Å². The molecule has 0 amide bonds. The smallest absolute Gasteiger partial charge is 0.262 e. The molecule has 0 fully saturated rings. The lowest BCUT2D eigenvalue weighted by atomic mass is 10.2. The van der Waals surface area contributed by atoms with E-state index in [0.717, 1.165) is 10.8 Å². The number of benzene rings is 1. The third kappa shape index (κ3) is 4.06. The molecule has 0 unspecified atom stereocenters. The molecule has 0 saturated carbocycles. The van der Waals surface area contributed by atoms with Crippen LogP contribution in [0.3, 0.4) is 0 Å². The lowest BCUT2D eigenvalue weighted by Crippen LogP contribution is -2.23. The van der Waals surface area contributed by atoms with Gasteiger partial charge < -0.3 is 4.52 Å². The fraction of sp³-hybridized carbons (Fsp3) is 0.294. The molecule has 1 aromatic heterocycles. The van der Waals surface area contributed by atoms with Crippen molar-refractivity contribution >= 4 is 29.0 Å². The van der Waals surface area contributed by atoms with Crippen LogP contribution in [0.1, 0.15) is 18.2 Å². The summed E-state index contributed by atoms with van der Waals surface area (Å²) in [6, 6.07) is 6.67. The molecule has 0 radical (unpaired) electrons. The third-order valence-corrected chi connectivity index (χ3v) is 6.66. The summed E-state index contributed by atoms with van der Waals surface area (Å²) >= 11 is 0. The number of allylic oxidation sites excluding steroid dienone is 1. The Hall–Kier alpha value is -2.08. The first-order valence-corrected chi connectivity index (χ1v) is 12.6. The highest BCUT2D eigenvalue weighted by molar-refractivity contribution is 7.92. The van der Waals surface area contributed by atoms with Gasteiger partial charge in [0.2, 0.25) is 0 Å². The SMILES string of the molecule is CC=C=C(c1oncc1NS(=O)(=O)c1ccc(C)cc1)[Si](C)(C)C. The third-order valence-electron chi connectivity index (χ3n) is 3.41. The number of nitrogens with one attached hydrogen (secondary N) is 1. The van der Waals surface area contributed by atoms with Gasteiger partial charge in [0.1, 0.15) is 5.69 Å². The number of anilines is 1. The van der Waals surface area contributed by atoms with Crippen molar-refractivity contribution in [2.45, 2.75) is 38.4 Å². The fourth-order valence-electron chi connectivity index (χ4n) is 2.18. The molecule has 0 saturated heterocycles. The number of rotatable bonds is 5. The molecular formula is C17H22N2O3SSi. The van der Waals surface area contributed by atoms with Crippen molar-refractivity contribution in [3.8, 4) is 0 Å². The van der Waals surface area contributed by atoms with Gasteiger partial charge in [-0.05, 0) is 32.1 Å². The van der Waals surface area contributed by atoms with E-state index in [1.165, 1.54) is 6.20 Å². The van der Waals surface area contributed by atoms with Crippen molar-refractivity contribution in [1.29, 1.82) is 0 Å². The van der Waals surface area contributed by atoms with Crippen molar-refractivity contribution in [3.05, 3.63) is 53.6 Å². The molecule has 0 bridgehead atoms. The summed E-state index contributed by atoms with van der Waals surface area (Å²) in [5.41, 5.74) is 4.52. The van der Waals surface area contributed by atoms with Crippen molar-refractivity contribution in [3.63, 3.8) is 0 Å². The first-order valence-electron chi connectivity index (χ1n) is 7.61. The van der Waals surface area contributed by atoms with Crippen molar-refractivity contribution in [2.75, 3.05) is 4.72 Å². The predicted octanol–water partition coefficient (Wildman–Crippen LogP) is 4.22. The maximum Gasteiger partial charge on any atom is 0.262 e. The maximum absolute atomic E-state index is 12.6. The van der Waals surface area contributed by atoms with Crippen LogP contribution in [0.15, 0.2) is 51.7 Å². The first-order chi connectivity index (χ1) is 11.1. The van der Waals surface area contributed by atoms with E-state index in [4.69, 9.17) is 4.52 Å². The zero-order valence-corrected chi connectivity index (χ0v) is 16.4. The lowest BCUT2D eigenvalue weighted by molar-refractivity contribution is 0.412. The minimum Gasteiger partial charge on any atom is -0.354 e. The minimum absolute atomic E-state index is 0.199. The molecule has 1 heterocycles. The largest absolute Gasteiger partial charge is 0.354 e. The minimum atomic E-state index is -3.70. The molecule has 7 heteroatoms. The molecule has 0 atom stereocenters. The predicted molar refractivity (Wildman–Crippen MR) is 99.0 cm³/mol. The Morgan fingerprint density at radius 3 is 2.42 bits per heavy atom. The van der Waals surface area contributed by atoms with E-state index in [9.17, 15) is 8.42 Å². The molecule has 0 aliphatic heterocycles. The molecule has 2 rings (SSSR count). The first kappa shape index (κ1) is 18.3. The van der Waals surface area contributed by atoms with E-state index >= 15 is 0 Å². The quantitative estimate of drug-likeness (QED) is 0.638. The Balaban J connectivity index is 2.44. The monoisotopic (exact) mass is 362 g/mol. The molecule has 0 aliphatic rings. The summed E-state index contributed by atoms with van der Waals surface area (Å²) in [5, 5.41) is 4.66. The van der Waals surface area contributed by atoms with Crippen molar-refractivity contribution < 1.29 is 12.9 Å². The second kappa shape index (κ2) is 6.81. The zero-order chi connectivity index (χ0) is 18.0. The molecule has 0 aliphatic carbocycles. The van der Waals surface area contributed by atoms with E-state index in [0.29, 0.717) is 11.4 Å². The lowest BCUT2D eigenvalue weighted by Gasteiger charge is -2.17. The van der Waals surface area contributed by atoms with Gasteiger partial charge in [0.05, 0.1) is 19.2 Å². The zero-order valence-electron chi connectivity index (χ0n) is 14.5. The molecule has 2 aromatic rings. The molecule has 5 nitrogen and oxygen atoms in total. The average molecular weight is 363 g/mol. The highest BCUT2D eigenvalue weighted by Crippen LogP contribution is 2.31. The van der Waals surface area contributed by atoms with Gasteiger partial charge >= 0.3 is 0 Å². The van der Waals surface area contributed by atoms with Crippen LogP contribution in [0.4, 0.5) is 5.69 Å². The van der Waals surface area contributed by atoms with Gasteiger partial charge in [0, 0.05) is 5.20 Å². The van der Waals surface area contributed by atoms with E-state index in [1.807, 2.05) is 13.8 Å².